The minimum Gasteiger partial charge on any atom is -0.497 e. The summed E-state index contributed by atoms with van der Waals surface area (Å²) in [5.74, 6) is 1.59. The Morgan fingerprint density at radius 1 is 1.12 bits per heavy atom. The molecule has 1 aliphatic heterocycles. The number of amides is 2. The smallest absolute Gasteiger partial charge is 0.322 e. The highest BCUT2D eigenvalue weighted by atomic mass is 16.5. The van der Waals surface area contributed by atoms with Crippen LogP contribution in [0.1, 0.15) is 50.6 Å². The first-order valence-corrected chi connectivity index (χ1v) is 10.9. The summed E-state index contributed by atoms with van der Waals surface area (Å²) in [6.07, 6.45) is 3.09. The van der Waals surface area contributed by atoms with E-state index >= 15 is 0 Å². The molecule has 0 spiro atoms. The van der Waals surface area contributed by atoms with E-state index in [2.05, 4.69) is 17.4 Å². The van der Waals surface area contributed by atoms with Gasteiger partial charge in [0, 0.05) is 17.8 Å². The number of nitrogens with one attached hydrogen (secondary N) is 1. The number of nitrogens with zero attached hydrogens (tertiary/aromatic N) is 3. The van der Waals surface area contributed by atoms with Gasteiger partial charge in [-0.1, -0.05) is 67.4 Å². The van der Waals surface area contributed by atoms with Crippen molar-refractivity contribution in [2.45, 2.75) is 39.2 Å². The van der Waals surface area contributed by atoms with E-state index in [4.69, 9.17) is 14.2 Å². The van der Waals surface area contributed by atoms with E-state index in [1.165, 1.54) is 0 Å². The zero-order valence-electron chi connectivity index (χ0n) is 18.7. The fourth-order valence-corrected chi connectivity index (χ4v) is 3.96. The first kappa shape index (κ1) is 21.6. The van der Waals surface area contributed by atoms with E-state index < -0.39 is 0 Å². The molecule has 166 valence electrons. The molecule has 3 aromatic rings. The summed E-state index contributed by atoms with van der Waals surface area (Å²) in [5.41, 5.74) is 3.41. The van der Waals surface area contributed by atoms with Crippen LogP contribution in [0.4, 0.5) is 4.79 Å². The zero-order valence-corrected chi connectivity index (χ0v) is 18.7. The Morgan fingerprint density at radius 2 is 1.94 bits per heavy atom. The van der Waals surface area contributed by atoms with Gasteiger partial charge in [0.1, 0.15) is 5.75 Å². The van der Waals surface area contributed by atoms with Crippen LogP contribution in [-0.2, 0) is 0 Å². The first-order chi connectivity index (χ1) is 15.6. The van der Waals surface area contributed by atoms with Crippen LogP contribution < -0.4 is 10.1 Å². The lowest BCUT2D eigenvalue weighted by Crippen LogP contribution is -2.46. The van der Waals surface area contributed by atoms with E-state index in [-0.39, 0.29) is 12.1 Å². The molecule has 1 aromatic heterocycles. The van der Waals surface area contributed by atoms with Crippen molar-refractivity contribution in [3.8, 4) is 17.1 Å². The van der Waals surface area contributed by atoms with Crippen LogP contribution in [0.15, 0.2) is 64.8 Å². The summed E-state index contributed by atoms with van der Waals surface area (Å²) in [6, 6.07) is 16.9. The number of rotatable bonds is 8. The number of aromatic nitrogens is 2. The molecule has 2 heterocycles. The van der Waals surface area contributed by atoms with Crippen molar-refractivity contribution in [3.63, 3.8) is 0 Å². The summed E-state index contributed by atoms with van der Waals surface area (Å²) < 4.78 is 11.0. The maximum Gasteiger partial charge on any atom is 0.322 e. The van der Waals surface area contributed by atoms with Gasteiger partial charge in [0.05, 0.1) is 18.7 Å². The summed E-state index contributed by atoms with van der Waals surface area (Å²) in [6.45, 7) is 4.74. The number of allylic oxidation sites excluding steroid dienone is 1. The Kier molecular flexibility index (Phi) is 6.54. The lowest BCUT2D eigenvalue weighted by Gasteiger charge is -2.35. The van der Waals surface area contributed by atoms with Gasteiger partial charge in [-0.2, -0.15) is 4.98 Å². The van der Waals surface area contributed by atoms with Crippen LogP contribution in [0.2, 0.25) is 0 Å². The summed E-state index contributed by atoms with van der Waals surface area (Å²) in [4.78, 5) is 19.4. The molecule has 32 heavy (non-hydrogen) atoms. The second-order valence-corrected chi connectivity index (χ2v) is 7.81. The summed E-state index contributed by atoms with van der Waals surface area (Å²) in [5, 5.41) is 7.35. The Hall–Kier alpha value is -3.61. The van der Waals surface area contributed by atoms with Gasteiger partial charge in [-0.3, -0.25) is 4.90 Å². The summed E-state index contributed by atoms with van der Waals surface area (Å²) in [7, 11) is 1.62. The van der Waals surface area contributed by atoms with Gasteiger partial charge in [-0.05, 0) is 31.0 Å². The number of hydrogen-bond donors (Lipinski definition) is 1. The van der Waals surface area contributed by atoms with E-state index in [9.17, 15) is 4.79 Å². The van der Waals surface area contributed by atoms with Crippen molar-refractivity contribution < 1.29 is 14.1 Å². The van der Waals surface area contributed by atoms with Gasteiger partial charge in [-0.15, -0.1) is 0 Å². The molecule has 1 atom stereocenters. The van der Waals surface area contributed by atoms with Crippen molar-refractivity contribution in [1.29, 1.82) is 0 Å². The second-order valence-electron chi connectivity index (χ2n) is 7.81. The number of hydrogen-bond acceptors (Lipinski definition) is 5. The van der Waals surface area contributed by atoms with Crippen LogP contribution >= 0.6 is 0 Å². The number of methoxy groups -OCH3 is 1. The molecule has 1 N–H and O–H groups in total. The first-order valence-electron chi connectivity index (χ1n) is 10.9. The number of unbranched alkanes of at least 4 members (excludes halogenated alkanes) is 2. The Labute approximate surface area is 188 Å². The molecule has 0 fully saturated rings. The molecule has 0 saturated heterocycles. The van der Waals surface area contributed by atoms with Crippen LogP contribution in [0.25, 0.3) is 17.0 Å². The zero-order chi connectivity index (χ0) is 22.5. The number of urea groups is 1. The average molecular weight is 433 g/mol. The molecular formula is C25H28N4O3. The number of carbonyl (C=O) groups is 1. The molecule has 2 aromatic carbocycles. The maximum atomic E-state index is 13.0. The number of benzene rings is 2. The molecule has 0 radical (unpaired) electrons. The number of carbonyl (C=O) groups excluding carboxylic acids is 1. The normalized spacial score (nSPS) is 16.3. The average Bonchev–Trinajstić information content (AvgIpc) is 3.31. The molecule has 1 unspecified atom stereocenters. The Balaban J connectivity index is 1.76. The van der Waals surface area contributed by atoms with Gasteiger partial charge in [-0.25, -0.2) is 4.79 Å². The fourth-order valence-electron chi connectivity index (χ4n) is 3.96. The predicted molar refractivity (Wildman–Crippen MR) is 123 cm³/mol. The van der Waals surface area contributed by atoms with Crippen LogP contribution in [0.3, 0.4) is 0 Å². The fraction of sp³-hybridized carbons (Fsp3) is 0.320. The third-order valence-electron chi connectivity index (χ3n) is 5.70. The third-order valence-corrected chi connectivity index (χ3v) is 5.70. The van der Waals surface area contributed by atoms with E-state index in [1.807, 2.05) is 61.5 Å². The highest BCUT2D eigenvalue weighted by Gasteiger charge is 2.35. The van der Waals surface area contributed by atoms with Gasteiger partial charge in [0.2, 0.25) is 5.82 Å². The molecule has 7 heteroatoms. The van der Waals surface area contributed by atoms with Crippen molar-refractivity contribution in [2.75, 3.05) is 13.7 Å². The largest absolute Gasteiger partial charge is 0.497 e. The maximum absolute atomic E-state index is 13.0. The Morgan fingerprint density at radius 3 is 2.69 bits per heavy atom. The molecule has 0 saturated carbocycles. The SMILES string of the molecule is CCCCCN1C(=O)NC(c2ccccc2)C(c2nc(-c3cccc(OC)c3)no2)=C1C. The molecule has 4 rings (SSSR count). The van der Waals surface area contributed by atoms with E-state index in [1.54, 1.807) is 12.0 Å². The van der Waals surface area contributed by atoms with Gasteiger partial charge < -0.3 is 14.6 Å². The predicted octanol–water partition coefficient (Wildman–Crippen LogP) is 5.43. The monoisotopic (exact) mass is 432 g/mol. The van der Waals surface area contributed by atoms with Crippen LogP contribution in [0.5, 0.6) is 5.75 Å². The second kappa shape index (κ2) is 9.68. The number of ether oxygens (including phenoxy) is 1. The van der Waals surface area contributed by atoms with E-state index in [0.717, 1.165) is 47.4 Å². The minimum atomic E-state index is -0.371. The van der Waals surface area contributed by atoms with Gasteiger partial charge in [0.25, 0.3) is 5.89 Å². The van der Waals surface area contributed by atoms with E-state index in [0.29, 0.717) is 18.3 Å². The molecule has 2 amide bonds. The molecule has 1 aliphatic rings. The standard InChI is InChI=1S/C25H28N4O3/c1-4-5-9-15-29-17(2)21(22(26-25(29)30)18-11-7-6-8-12-18)24-27-23(28-32-24)19-13-10-14-20(16-19)31-3/h6-8,10-14,16,22H,4-5,9,15H2,1-3H3,(H,26,30). The lowest BCUT2D eigenvalue weighted by molar-refractivity contribution is 0.204. The Bertz CT molecular complexity index is 1110. The van der Waals surface area contributed by atoms with Gasteiger partial charge in [0.15, 0.2) is 0 Å². The quantitative estimate of drug-likeness (QED) is 0.480. The summed E-state index contributed by atoms with van der Waals surface area (Å²) >= 11 is 0. The highest BCUT2D eigenvalue weighted by Crippen LogP contribution is 2.37. The highest BCUT2D eigenvalue weighted by molar-refractivity contribution is 5.86. The van der Waals surface area contributed by atoms with Gasteiger partial charge >= 0.3 is 6.03 Å². The van der Waals surface area contributed by atoms with Crippen molar-refractivity contribution in [1.82, 2.24) is 20.4 Å². The molecule has 7 nitrogen and oxygen atoms in total. The third kappa shape index (κ3) is 4.37. The van der Waals surface area contributed by atoms with Crippen molar-refractivity contribution in [2.24, 2.45) is 0 Å². The minimum absolute atomic E-state index is 0.108. The van der Waals surface area contributed by atoms with Crippen LogP contribution in [0, 0.1) is 0 Å². The lowest BCUT2D eigenvalue weighted by atomic mass is 9.94. The molecule has 0 bridgehead atoms. The van der Waals surface area contributed by atoms with Crippen LogP contribution in [-0.4, -0.2) is 34.7 Å². The van der Waals surface area contributed by atoms with Crippen molar-refractivity contribution in [3.05, 3.63) is 71.7 Å². The molecule has 0 aliphatic carbocycles. The topological polar surface area (TPSA) is 80.5 Å². The molecular weight excluding hydrogens is 404 g/mol. The van der Waals surface area contributed by atoms with Crippen molar-refractivity contribution >= 4 is 11.6 Å².